The van der Waals surface area contributed by atoms with Crippen LogP contribution in [0.15, 0.2) is 42.3 Å². The number of ether oxygens (including phenoxy) is 2. The van der Waals surface area contributed by atoms with Crippen LogP contribution < -0.4 is 20.1 Å². The number of benzene rings is 1. The Morgan fingerprint density at radius 1 is 1.13 bits per heavy atom. The van der Waals surface area contributed by atoms with E-state index >= 15 is 0 Å². The first-order valence-corrected chi connectivity index (χ1v) is 20.5. The van der Waals surface area contributed by atoms with Crippen molar-refractivity contribution >= 4 is 45.2 Å². The Labute approximate surface area is 309 Å². The van der Waals surface area contributed by atoms with Gasteiger partial charge in [0.1, 0.15) is 34.5 Å². The van der Waals surface area contributed by atoms with Gasteiger partial charge in [-0.2, -0.15) is 0 Å². The fourth-order valence-electron chi connectivity index (χ4n) is 7.21. The third kappa shape index (κ3) is 7.99. The molecule has 6 rings (SSSR count). The molecule has 3 saturated carbocycles. The Bertz CT molecular complexity index is 1810. The lowest BCUT2D eigenvalue weighted by Gasteiger charge is -2.35. The summed E-state index contributed by atoms with van der Waals surface area (Å²) in [6.07, 6.45) is 5.42. The largest absolute Gasteiger partial charge is 0.493 e. The SMILES string of the molecule is C=C[C@@H]1C[C@]1(NC(=O)[C@@H]1C[C@@H](c2csc(-c3ccccc3OCC)n2)CN1C(=O)C(NC(=O)OC1CCCC1)C(C)(C)C)C(=O)NS(=O)(=O)C1CC1. The molecule has 1 aromatic heterocycles. The molecule has 2 aromatic rings. The number of nitrogens with zero attached hydrogens (tertiary/aromatic N) is 2. The molecule has 2 heterocycles. The van der Waals surface area contributed by atoms with E-state index in [0.717, 1.165) is 36.3 Å². The number of likely N-dealkylation sites (tertiary alicyclic amines) is 1. The van der Waals surface area contributed by atoms with Gasteiger partial charge in [0.25, 0.3) is 5.91 Å². The van der Waals surface area contributed by atoms with Crippen LogP contribution in [0.4, 0.5) is 4.79 Å². The number of hydrogen-bond acceptors (Lipinski definition) is 10. The monoisotopic (exact) mass is 755 g/mol. The van der Waals surface area contributed by atoms with Crippen molar-refractivity contribution in [2.45, 2.75) is 114 Å². The topological polar surface area (TPSA) is 173 Å². The number of carbonyl (C=O) groups excluding carboxylic acids is 4. The second-order valence-electron chi connectivity index (χ2n) is 15.4. The molecule has 15 heteroatoms. The van der Waals surface area contributed by atoms with Gasteiger partial charge in [0.15, 0.2) is 0 Å². The minimum atomic E-state index is -3.88. The molecule has 3 N–H and O–H groups in total. The van der Waals surface area contributed by atoms with E-state index in [1.54, 1.807) is 0 Å². The van der Waals surface area contributed by atoms with Crippen molar-refractivity contribution in [3.63, 3.8) is 0 Å². The van der Waals surface area contributed by atoms with Crippen LogP contribution in [0.3, 0.4) is 0 Å². The van der Waals surface area contributed by atoms with E-state index in [-0.39, 0.29) is 31.4 Å². The molecular weight excluding hydrogens is 707 g/mol. The number of aromatic nitrogens is 1. The van der Waals surface area contributed by atoms with Gasteiger partial charge in [-0.1, -0.05) is 39.0 Å². The summed E-state index contributed by atoms with van der Waals surface area (Å²) in [5, 5.41) is 7.66. The number of rotatable bonds is 13. The van der Waals surface area contributed by atoms with Crippen molar-refractivity contribution < 1.29 is 37.1 Å². The minimum absolute atomic E-state index is 0.124. The van der Waals surface area contributed by atoms with Crippen LogP contribution in [0.1, 0.15) is 90.7 Å². The predicted octanol–water partition coefficient (Wildman–Crippen LogP) is 4.65. The summed E-state index contributed by atoms with van der Waals surface area (Å²) in [4.78, 5) is 61.9. The fourth-order valence-corrected chi connectivity index (χ4v) is 9.50. The van der Waals surface area contributed by atoms with Crippen LogP contribution in [0.5, 0.6) is 5.75 Å². The van der Waals surface area contributed by atoms with Crippen molar-refractivity contribution in [2.75, 3.05) is 13.2 Å². The van der Waals surface area contributed by atoms with E-state index < -0.39 is 68.0 Å². The average molecular weight is 756 g/mol. The fraction of sp³-hybridized carbons (Fsp3) is 0.595. The summed E-state index contributed by atoms with van der Waals surface area (Å²) in [6.45, 7) is 11.8. The highest BCUT2D eigenvalue weighted by Crippen LogP contribution is 2.46. The normalized spacial score (nSPS) is 25.2. The van der Waals surface area contributed by atoms with Crippen molar-refractivity contribution in [1.29, 1.82) is 0 Å². The van der Waals surface area contributed by atoms with Gasteiger partial charge in [-0.3, -0.25) is 19.1 Å². The molecule has 282 valence electrons. The van der Waals surface area contributed by atoms with E-state index in [0.29, 0.717) is 30.9 Å². The highest BCUT2D eigenvalue weighted by Gasteiger charge is 2.62. The second kappa shape index (κ2) is 14.8. The molecule has 13 nitrogen and oxygen atoms in total. The van der Waals surface area contributed by atoms with Gasteiger partial charge in [0.2, 0.25) is 21.8 Å². The van der Waals surface area contributed by atoms with Gasteiger partial charge in [-0.15, -0.1) is 17.9 Å². The van der Waals surface area contributed by atoms with Crippen molar-refractivity contribution in [2.24, 2.45) is 11.3 Å². The number of carbonyl (C=O) groups is 4. The maximum absolute atomic E-state index is 14.6. The molecule has 3 aliphatic carbocycles. The van der Waals surface area contributed by atoms with Gasteiger partial charge in [-0.25, -0.2) is 18.2 Å². The van der Waals surface area contributed by atoms with Gasteiger partial charge in [-0.05, 0) is 75.8 Å². The summed E-state index contributed by atoms with van der Waals surface area (Å²) in [5.41, 5.74) is -0.753. The second-order valence-corrected chi connectivity index (χ2v) is 18.2. The van der Waals surface area contributed by atoms with Gasteiger partial charge in [0.05, 0.1) is 23.1 Å². The first-order chi connectivity index (χ1) is 24.7. The molecule has 4 fully saturated rings. The molecule has 1 aliphatic heterocycles. The van der Waals surface area contributed by atoms with Crippen LogP contribution in [0, 0.1) is 11.3 Å². The van der Waals surface area contributed by atoms with Crippen LogP contribution in [-0.4, -0.2) is 84.2 Å². The number of hydrogen-bond donors (Lipinski definition) is 3. The van der Waals surface area contributed by atoms with Crippen molar-refractivity contribution in [3.05, 3.63) is 48.0 Å². The average Bonchev–Trinajstić information content (AvgIpc) is 3.86. The molecule has 1 unspecified atom stereocenters. The standard InChI is InChI=1S/C37H49N5O8S2/c1-6-23-19-37(23,34(45)41-52(47,48)25-16-17-25)40-31(43)28-18-22(27-21-51-32(38-27)26-14-10-11-15-29(26)49-7-2)20-42(28)33(44)30(36(3,4)5)39-35(46)50-24-12-8-9-13-24/h6,10-11,14-15,21-25,28,30H,1,7-9,12-13,16-20H2,2-5H3,(H,39,46)(H,40,43)(H,41,45)/t22-,23-,28+,30?,37-/m1/s1. The molecule has 4 amide bonds. The molecule has 1 saturated heterocycles. The number of alkyl carbamates (subject to hydrolysis) is 1. The van der Waals surface area contributed by atoms with Gasteiger partial charge >= 0.3 is 6.09 Å². The molecular formula is C37H49N5O8S2. The summed E-state index contributed by atoms with van der Waals surface area (Å²) >= 11 is 1.43. The Hall–Kier alpha value is -3.98. The Morgan fingerprint density at radius 2 is 1.85 bits per heavy atom. The lowest BCUT2D eigenvalue weighted by molar-refractivity contribution is -0.142. The number of para-hydroxylation sites is 1. The summed E-state index contributed by atoms with van der Waals surface area (Å²) in [7, 11) is -3.88. The third-order valence-electron chi connectivity index (χ3n) is 10.4. The molecule has 4 aliphatic rings. The maximum atomic E-state index is 14.6. The zero-order chi connectivity index (χ0) is 37.4. The highest BCUT2D eigenvalue weighted by atomic mass is 32.2. The zero-order valence-electron chi connectivity index (χ0n) is 30.2. The smallest absolute Gasteiger partial charge is 0.408 e. The third-order valence-corrected chi connectivity index (χ3v) is 13.2. The Kier molecular flexibility index (Phi) is 10.8. The van der Waals surface area contributed by atoms with Crippen LogP contribution in [0.25, 0.3) is 10.6 Å². The lowest BCUT2D eigenvalue weighted by Crippen LogP contribution is -2.60. The number of nitrogens with one attached hydrogen (secondary N) is 3. The number of amides is 4. The van der Waals surface area contributed by atoms with E-state index in [1.165, 1.54) is 22.3 Å². The van der Waals surface area contributed by atoms with Crippen molar-refractivity contribution in [1.82, 2.24) is 25.2 Å². The lowest BCUT2D eigenvalue weighted by atomic mass is 9.85. The molecule has 0 radical (unpaired) electrons. The van der Waals surface area contributed by atoms with Crippen LogP contribution in [-0.2, 0) is 29.1 Å². The van der Waals surface area contributed by atoms with E-state index in [1.807, 2.05) is 57.3 Å². The summed E-state index contributed by atoms with van der Waals surface area (Å²) in [6, 6.07) is 5.51. The molecule has 5 atom stereocenters. The summed E-state index contributed by atoms with van der Waals surface area (Å²) < 4.78 is 39.1. The molecule has 52 heavy (non-hydrogen) atoms. The van der Waals surface area contributed by atoms with E-state index in [9.17, 15) is 27.6 Å². The Balaban J connectivity index is 1.28. The molecule has 1 aromatic carbocycles. The van der Waals surface area contributed by atoms with E-state index in [4.69, 9.17) is 14.5 Å². The Morgan fingerprint density at radius 3 is 2.48 bits per heavy atom. The maximum Gasteiger partial charge on any atom is 0.408 e. The van der Waals surface area contributed by atoms with Crippen LogP contribution in [0.2, 0.25) is 0 Å². The number of thiazole rings is 1. The van der Waals surface area contributed by atoms with Crippen LogP contribution >= 0.6 is 11.3 Å². The van der Waals surface area contributed by atoms with Gasteiger partial charge in [0, 0.05) is 23.8 Å². The van der Waals surface area contributed by atoms with E-state index in [2.05, 4.69) is 21.9 Å². The quantitative estimate of drug-likeness (QED) is 0.246. The first kappa shape index (κ1) is 37.8. The molecule has 0 bridgehead atoms. The zero-order valence-corrected chi connectivity index (χ0v) is 31.8. The van der Waals surface area contributed by atoms with Crippen molar-refractivity contribution in [3.8, 4) is 16.3 Å². The summed E-state index contributed by atoms with van der Waals surface area (Å²) in [5.74, 6) is -2.04. The highest BCUT2D eigenvalue weighted by molar-refractivity contribution is 7.91. The molecule has 0 spiro atoms. The number of sulfonamides is 1. The minimum Gasteiger partial charge on any atom is -0.493 e. The predicted molar refractivity (Wildman–Crippen MR) is 196 cm³/mol. The van der Waals surface area contributed by atoms with Gasteiger partial charge < -0.3 is 25.0 Å². The first-order valence-electron chi connectivity index (χ1n) is 18.1.